The van der Waals surface area contributed by atoms with E-state index in [9.17, 15) is 9.59 Å². The Hall–Kier alpha value is -3.74. The molecule has 0 spiro atoms. The number of rotatable bonds is 4. The fourth-order valence-corrected chi connectivity index (χ4v) is 3.36. The Bertz CT molecular complexity index is 1050. The van der Waals surface area contributed by atoms with Crippen LogP contribution >= 0.6 is 0 Å². The van der Waals surface area contributed by atoms with Crippen molar-refractivity contribution in [1.29, 1.82) is 0 Å². The SMILES string of the molecule is COC(=O)c1ccc(Nc2nccc(C(=O)N3CCCc4ccccc43)n2)cc1. The molecule has 0 fully saturated rings. The smallest absolute Gasteiger partial charge is 0.337 e. The minimum Gasteiger partial charge on any atom is -0.465 e. The van der Waals surface area contributed by atoms with Gasteiger partial charge in [0.05, 0.1) is 12.7 Å². The van der Waals surface area contributed by atoms with Crippen LogP contribution in [-0.2, 0) is 11.2 Å². The highest BCUT2D eigenvalue weighted by Crippen LogP contribution is 2.28. The van der Waals surface area contributed by atoms with Gasteiger partial charge in [0, 0.05) is 24.1 Å². The zero-order valence-electron chi connectivity index (χ0n) is 16.0. The number of hydrogen-bond donors (Lipinski definition) is 1. The number of aryl methyl sites for hydroxylation is 1. The molecule has 2 heterocycles. The number of ether oxygens (including phenoxy) is 1. The minimum atomic E-state index is -0.401. The molecule has 0 unspecified atom stereocenters. The van der Waals surface area contributed by atoms with Crippen molar-refractivity contribution in [1.82, 2.24) is 9.97 Å². The normalized spacial score (nSPS) is 12.8. The van der Waals surface area contributed by atoms with Crippen molar-refractivity contribution in [2.45, 2.75) is 12.8 Å². The van der Waals surface area contributed by atoms with Crippen molar-refractivity contribution in [3.63, 3.8) is 0 Å². The Labute approximate surface area is 168 Å². The first-order valence-electron chi connectivity index (χ1n) is 9.34. The average Bonchev–Trinajstić information content (AvgIpc) is 2.78. The highest BCUT2D eigenvalue weighted by Gasteiger charge is 2.24. The summed E-state index contributed by atoms with van der Waals surface area (Å²) >= 11 is 0. The van der Waals surface area contributed by atoms with Crippen LogP contribution in [0, 0.1) is 0 Å². The van der Waals surface area contributed by atoms with Crippen LogP contribution in [0.25, 0.3) is 0 Å². The fraction of sp³-hybridized carbons (Fsp3) is 0.182. The van der Waals surface area contributed by atoms with E-state index in [1.165, 1.54) is 12.7 Å². The summed E-state index contributed by atoms with van der Waals surface area (Å²) in [5.41, 5.74) is 3.59. The molecule has 1 aliphatic rings. The number of aromatic nitrogens is 2. The first-order chi connectivity index (χ1) is 14.2. The van der Waals surface area contributed by atoms with Crippen LogP contribution in [0.2, 0.25) is 0 Å². The summed E-state index contributed by atoms with van der Waals surface area (Å²) in [6, 6.07) is 16.3. The third-order valence-electron chi connectivity index (χ3n) is 4.79. The molecule has 2 aromatic carbocycles. The summed E-state index contributed by atoms with van der Waals surface area (Å²) < 4.78 is 4.69. The lowest BCUT2D eigenvalue weighted by atomic mass is 10.0. The lowest BCUT2D eigenvalue weighted by Crippen LogP contribution is -2.36. The zero-order valence-corrected chi connectivity index (χ0v) is 16.0. The van der Waals surface area contributed by atoms with Gasteiger partial charge < -0.3 is 15.0 Å². The molecule has 0 saturated carbocycles. The van der Waals surface area contributed by atoms with Crippen molar-refractivity contribution in [2.24, 2.45) is 0 Å². The van der Waals surface area contributed by atoms with Crippen molar-refractivity contribution >= 4 is 29.2 Å². The van der Waals surface area contributed by atoms with Gasteiger partial charge >= 0.3 is 5.97 Å². The summed E-state index contributed by atoms with van der Waals surface area (Å²) in [6.45, 7) is 0.664. The second kappa shape index (κ2) is 8.10. The van der Waals surface area contributed by atoms with Crippen LogP contribution in [0.5, 0.6) is 0 Å². The van der Waals surface area contributed by atoms with Gasteiger partial charge in [0.1, 0.15) is 5.69 Å². The number of benzene rings is 2. The van der Waals surface area contributed by atoms with E-state index in [0.717, 1.165) is 18.5 Å². The fourth-order valence-electron chi connectivity index (χ4n) is 3.36. The quantitative estimate of drug-likeness (QED) is 0.688. The van der Waals surface area contributed by atoms with Crippen molar-refractivity contribution in [2.75, 3.05) is 23.9 Å². The summed E-state index contributed by atoms with van der Waals surface area (Å²) in [6.07, 6.45) is 3.45. The number of esters is 1. The molecule has 7 nitrogen and oxygen atoms in total. The monoisotopic (exact) mass is 388 g/mol. The largest absolute Gasteiger partial charge is 0.465 e. The molecule has 0 saturated heterocycles. The van der Waals surface area contributed by atoms with Gasteiger partial charge in [-0.05, 0) is 54.8 Å². The number of anilines is 3. The Kier molecular flexibility index (Phi) is 5.20. The summed E-state index contributed by atoms with van der Waals surface area (Å²) in [5.74, 6) is -0.238. The van der Waals surface area contributed by atoms with Gasteiger partial charge in [-0.25, -0.2) is 14.8 Å². The molecule has 29 heavy (non-hydrogen) atoms. The van der Waals surface area contributed by atoms with Crippen molar-refractivity contribution in [3.05, 3.63) is 77.6 Å². The maximum atomic E-state index is 13.1. The highest BCUT2D eigenvalue weighted by molar-refractivity contribution is 6.05. The Morgan fingerprint density at radius 1 is 1.07 bits per heavy atom. The summed E-state index contributed by atoms with van der Waals surface area (Å²) in [5, 5.41) is 3.06. The Morgan fingerprint density at radius 2 is 1.86 bits per heavy atom. The molecular weight excluding hydrogens is 368 g/mol. The molecule has 4 rings (SSSR count). The molecular formula is C22H20N4O3. The van der Waals surface area contributed by atoms with Crippen LogP contribution in [0.15, 0.2) is 60.8 Å². The minimum absolute atomic E-state index is 0.149. The molecule has 7 heteroatoms. The molecule has 0 atom stereocenters. The number of carbonyl (C=O) groups excluding carboxylic acids is 2. The topological polar surface area (TPSA) is 84.4 Å². The third-order valence-corrected chi connectivity index (χ3v) is 4.79. The van der Waals surface area contributed by atoms with E-state index in [4.69, 9.17) is 4.74 Å². The van der Waals surface area contributed by atoms with E-state index >= 15 is 0 Å². The number of nitrogens with one attached hydrogen (secondary N) is 1. The molecule has 1 aliphatic heterocycles. The van der Waals surface area contributed by atoms with Crippen LogP contribution < -0.4 is 10.2 Å². The van der Waals surface area contributed by atoms with Crippen LogP contribution in [0.1, 0.15) is 32.8 Å². The molecule has 1 amide bonds. The number of methoxy groups -OCH3 is 1. The molecule has 0 radical (unpaired) electrons. The summed E-state index contributed by atoms with van der Waals surface area (Å²) in [4.78, 5) is 35.0. The van der Waals surface area contributed by atoms with E-state index < -0.39 is 5.97 Å². The lowest BCUT2D eigenvalue weighted by Gasteiger charge is -2.29. The number of para-hydroxylation sites is 1. The zero-order chi connectivity index (χ0) is 20.2. The van der Waals surface area contributed by atoms with Gasteiger partial charge in [0.2, 0.25) is 5.95 Å². The van der Waals surface area contributed by atoms with E-state index in [2.05, 4.69) is 21.4 Å². The van der Waals surface area contributed by atoms with Crippen LogP contribution in [0.4, 0.5) is 17.3 Å². The van der Waals surface area contributed by atoms with E-state index in [1.54, 1.807) is 41.4 Å². The maximum absolute atomic E-state index is 13.1. The van der Waals surface area contributed by atoms with Gasteiger partial charge in [0.25, 0.3) is 5.91 Å². The van der Waals surface area contributed by atoms with Gasteiger partial charge in [-0.15, -0.1) is 0 Å². The lowest BCUT2D eigenvalue weighted by molar-refractivity contribution is 0.0600. The van der Waals surface area contributed by atoms with Crippen molar-refractivity contribution < 1.29 is 14.3 Å². The molecule has 146 valence electrons. The maximum Gasteiger partial charge on any atom is 0.337 e. The first kappa shape index (κ1) is 18.6. The number of amides is 1. The average molecular weight is 388 g/mol. The number of carbonyl (C=O) groups is 2. The Morgan fingerprint density at radius 3 is 2.66 bits per heavy atom. The number of fused-ring (bicyclic) bond motifs is 1. The Balaban J connectivity index is 1.53. The molecule has 0 aliphatic carbocycles. The van der Waals surface area contributed by atoms with Crippen LogP contribution in [0.3, 0.4) is 0 Å². The van der Waals surface area contributed by atoms with E-state index in [0.29, 0.717) is 29.4 Å². The van der Waals surface area contributed by atoms with Gasteiger partial charge in [-0.2, -0.15) is 0 Å². The molecule has 1 aromatic heterocycles. The van der Waals surface area contributed by atoms with E-state index in [-0.39, 0.29) is 5.91 Å². The molecule has 0 bridgehead atoms. The predicted octanol–water partition coefficient (Wildman–Crippen LogP) is 3.60. The molecule has 1 N–H and O–H groups in total. The predicted molar refractivity (Wildman–Crippen MR) is 110 cm³/mol. The third kappa shape index (κ3) is 3.94. The second-order valence-electron chi connectivity index (χ2n) is 6.65. The van der Waals surface area contributed by atoms with E-state index in [1.807, 2.05) is 18.2 Å². The molecule has 3 aromatic rings. The second-order valence-corrected chi connectivity index (χ2v) is 6.65. The van der Waals surface area contributed by atoms with Crippen molar-refractivity contribution in [3.8, 4) is 0 Å². The number of hydrogen-bond acceptors (Lipinski definition) is 6. The summed E-state index contributed by atoms with van der Waals surface area (Å²) in [7, 11) is 1.34. The first-order valence-corrected chi connectivity index (χ1v) is 9.34. The van der Waals surface area contributed by atoms with Crippen LogP contribution in [-0.4, -0.2) is 35.5 Å². The van der Waals surface area contributed by atoms with Gasteiger partial charge in [-0.1, -0.05) is 18.2 Å². The highest BCUT2D eigenvalue weighted by atomic mass is 16.5. The number of nitrogens with zero attached hydrogens (tertiary/aromatic N) is 3. The standard InChI is InChI=1S/C22H20N4O3/c1-29-21(28)16-8-10-17(11-9-16)24-22-23-13-12-18(25-22)20(27)26-14-4-6-15-5-2-3-7-19(15)26/h2-3,5,7-13H,4,6,14H2,1H3,(H,23,24,25). The van der Waals surface area contributed by atoms with Gasteiger partial charge in [-0.3, -0.25) is 4.79 Å². The van der Waals surface area contributed by atoms with Gasteiger partial charge in [0.15, 0.2) is 0 Å².